The van der Waals surface area contributed by atoms with E-state index < -0.39 is 11.9 Å². The van der Waals surface area contributed by atoms with E-state index >= 15 is 4.39 Å². The minimum absolute atomic E-state index is 0.123. The highest BCUT2D eigenvalue weighted by atomic mass is 19.1. The van der Waals surface area contributed by atoms with Crippen LogP contribution in [0.5, 0.6) is 5.75 Å². The maximum Gasteiger partial charge on any atom is 0.177 e. The van der Waals surface area contributed by atoms with Gasteiger partial charge in [-0.3, -0.25) is 0 Å². The molecule has 0 fully saturated rings. The summed E-state index contributed by atoms with van der Waals surface area (Å²) in [6.45, 7) is 3.53. The van der Waals surface area contributed by atoms with Crippen LogP contribution in [0.2, 0.25) is 0 Å². The van der Waals surface area contributed by atoms with Gasteiger partial charge >= 0.3 is 0 Å². The Morgan fingerprint density at radius 1 is 1.31 bits per heavy atom. The van der Waals surface area contributed by atoms with E-state index in [1.165, 1.54) is 0 Å². The van der Waals surface area contributed by atoms with Gasteiger partial charge in [0.1, 0.15) is 5.82 Å². The van der Waals surface area contributed by atoms with Gasteiger partial charge in [0.2, 0.25) is 0 Å². The topological polar surface area (TPSA) is 82.5 Å². The van der Waals surface area contributed by atoms with Crippen molar-refractivity contribution in [2.75, 3.05) is 44.4 Å². The van der Waals surface area contributed by atoms with Crippen LogP contribution in [-0.4, -0.2) is 59.9 Å². The summed E-state index contributed by atoms with van der Waals surface area (Å²) in [5, 5.41) is 16.4. The van der Waals surface area contributed by atoms with Crippen molar-refractivity contribution in [1.29, 1.82) is 0 Å². The maximum atomic E-state index is 15.7. The van der Waals surface area contributed by atoms with Crippen LogP contribution in [0.15, 0.2) is 18.2 Å². The summed E-state index contributed by atoms with van der Waals surface area (Å²) in [6, 6.07) is 3.71. The van der Waals surface area contributed by atoms with Crippen LogP contribution in [0, 0.1) is 12.7 Å². The van der Waals surface area contributed by atoms with Gasteiger partial charge in [-0.2, -0.15) is 0 Å². The largest absolute Gasteiger partial charge is 0.491 e. The van der Waals surface area contributed by atoms with Crippen LogP contribution < -0.4 is 15.4 Å². The van der Waals surface area contributed by atoms with Crippen LogP contribution in [0.25, 0.3) is 5.57 Å². The van der Waals surface area contributed by atoms with Crippen molar-refractivity contribution >= 4 is 22.9 Å². The third-order valence-corrected chi connectivity index (χ3v) is 5.19. The van der Waals surface area contributed by atoms with E-state index in [1.807, 2.05) is 38.1 Å². The molecule has 0 spiro atoms. The normalized spacial score (nSPS) is 19.2. The molecule has 0 saturated heterocycles. The van der Waals surface area contributed by atoms with Gasteiger partial charge in [0.15, 0.2) is 17.4 Å². The number of fused-ring (bicyclic) bond motifs is 1. The molecule has 7 nitrogen and oxygen atoms in total. The monoisotopic (exact) mass is 399 g/mol. The lowest BCUT2D eigenvalue weighted by Crippen LogP contribution is -2.27. The number of rotatable bonds is 4. The third kappa shape index (κ3) is 4.04. The van der Waals surface area contributed by atoms with E-state index in [-0.39, 0.29) is 5.82 Å². The zero-order chi connectivity index (χ0) is 20.5. The predicted octanol–water partition coefficient (Wildman–Crippen LogP) is 2.72. The number of ether oxygens (including phenoxy) is 1. The summed E-state index contributed by atoms with van der Waals surface area (Å²) in [7, 11) is 3.76. The Labute approximate surface area is 169 Å². The number of nitrogens with one attached hydrogen (secondary N) is 2. The van der Waals surface area contributed by atoms with Gasteiger partial charge in [0.25, 0.3) is 0 Å². The minimum Gasteiger partial charge on any atom is -0.491 e. The Morgan fingerprint density at radius 2 is 2.14 bits per heavy atom. The first-order valence-electron chi connectivity index (χ1n) is 9.79. The molecule has 0 aromatic carbocycles. The molecule has 0 saturated carbocycles. The number of aliphatic hydroxyl groups excluding tert-OH is 1. The molecular weight excluding hydrogens is 373 g/mol. The molecule has 1 atom stereocenters. The predicted molar refractivity (Wildman–Crippen MR) is 111 cm³/mol. The first-order valence-corrected chi connectivity index (χ1v) is 9.79. The Balaban J connectivity index is 1.77. The van der Waals surface area contributed by atoms with E-state index in [0.29, 0.717) is 49.7 Å². The van der Waals surface area contributed by atoms with Crippen molar-refractivity contribution in [2.24, 2.45) is 0 Å². The molecule has 2 aromatic heterocycles. The van der Waals surface area contributed by atoms with Gasteiger partial charge in [0.05, 0.1) is 24.0 Å². The first kappa shape index (κ1) is 19.6. The van der Waals surface area contributed by atoms with E-state index in [9.17, 15) is 5.11 Å². The fourth-order valence-electron chi connectivity index (χ4n) is 3.85. The summed E-state index contributed by atoms with van der Waals surface area (Å²) in [5.41, 5.74) is 3.55. The summed E-state index contributed by atoms with van der Waals surface area (Å²) in [5.74, 6) is 0.643. The summed E-state index contributed by atoms with van der Waals surface area (Å²) < 4.78 is 21.4. The number of aryl methyl sites for hydroxylation is 1. The Hall–Kier alpha value is -2.71. The lowest BCUT2D eigenvalue weighted by Gasteiger charge is -2.17. The fraction of sp³-hybridized carbons (Fsp3) is 0.429. The Morgan fingerprint density at radius 3 is 2.93 bits per heavy atom. The van der Waals surface area contributed by atoms with E-state index in [0.717, 1.165) is 22.6 Å². The van der Waals surface area contributed by atoms with Gasteiger partial charge in [-0.25, -0.2) is 14.4 Å². The quantitative estimate of drug-likeness (QED) is 0.729. The van der Waals surface area contributed by atoms with Gasteiger partial charge in [0, 0.05) is 50.4 Å². The van der Waals surface area contributed by atoms with Crippen LogP contribution in [0.3, 0.4) is 0 Å². The zero-order valence-corrected chi connectivity index (χ0v) is 16.9. The second kappa shape index (κ2) is 7.96. The lowest BCUT2D eigenvalue weighted by atomic mass is 9.98. The molecule has 4 heterocycles. The van der Waals surface area contributed by atoms with Gasteiger partial charge < -0.3 is 25.4 Å². The first-order chi connectivity index (χ1) is 13.9. The molecular formula is C21H26FN5O2. The van der Waals surface area contributed by atoms with Crippen molar-refractivity contribution in [2.45, 2.75) is 25.9 Å². The highest BCUT2D eigenvalue weighted by Crippen LogP contribution is 2.40. The standard InChI is InChI=1S/C21H26FN5O2/c1-12-8-14(23-2)10-17(24-12)26-21-19(22)18(20-16(25-21)5-7-29-20)13-4-6-27(3)11-15(28)9-13/h4,8,10,15,28H,5-7,9,11H2,1-3H3,(H2,23,24,25,26)/t15-/m1/s1. The molecule has 0 amide bonds. The molecule has 3 N–H and O–H groups in total. The highest BCUT2D eigenvalue weighted by molar-refractivity contribution is 5.76. The lowest BCUT2D eigenvalue weighted by molar-refractivity contribution is 0.139. The molecule has 29 heavy (non-hydrogen) atoms. The van der Waals surface area contributed by atoms with E-state index in [1.54, 1.807) is 6.07 Å². The van der Waals surface area contributed by atoms with E-state index in [2.05, 4.69) is 20.6 Å². The molecule has 0 unspecified atom stereocenters. The van der Waals surface area contributed by atoms with Crippen molar-refractivity contribution < 1.29 is 14.2 Å². The SMILES string of the molecule is CNc1cc(C)nc(Nc2nc3c(c(C4=CCN(C)C[C@H](O)C4)c2F)OCC3)c1. The Kier molecular flexibility index (Phi) is 5.38. The van der Waals surface area contributed by atoms with Crippen molar-refractivity contribution in [1.82, 2.24) is 14.9 Å². The van der Waals surface area contributed by atoms with Crippen molar-refractivity contribution in [3.63, 3.8) is 0 Å². The number of likely N-dealkylation sites (N-methyl/N-ethyl adjacent to an activating group) is 1. The number of anilines is 3. The second-order valence-electron chi connectivity index (χ2n) is 7.59. The highest BCUT2D eigenvalue weighted by Gasteiger charge is 2.29. The number of pyridine rings is 2. The molecule has 0 aliphatic carbocycles. The van der Waals surface area contributed by atoms with Gasteiger partial charge in [-0.1, -0.05) is 6.08 Å². The van der Waals surface area contributed by atoms with Gasteiger partial charge in [-0.15, -0.1) is 0 Å². The number of aliphatic hydroxyl groups is 1. The molecule has 2 aromatic rings. The van der Waals surface area contributed by atoms with Crippen LogP contribution in [0.4, 0.5) is 21.7 Å². The van der Waals surface area contributed by atoms with Gasteiger partial charge in [-0.05, 0) is 25.6 Å². The van der Waals surface area contributed by atoms with Crippen LogP contribution >= 0.6 is 0 Å². The number of nitrogens with zero attached hydrogens (tertiary/aromatic N) is 3. The molecule has 2 aliphatic heterocycles. The molecule has 0 radical (unpaired) electrons. The molecule has 154 valence electrons. The Bertz CT molecular complexity index is 963. The number of aromatic nitrogens is 2. The van der Waals surface area contributed by atoms with Crippen molar-refractivity contribution in [3.8, 4) is 5.75 Å². The molecule has 8 heteroatoms. The summed E-state index contributed by atoms with van der Waals surface area (Å²) >= 11 is 0. The molecule has 4 rings (SSSR count). The summed E-state index contributed by atoms with van der Waals surface area (Å²) in [6.07, 6.45) is 2.39. The number of hydrogen-bond acceptors (Lipinski definition) is 7. The third-order valence-electron chi connectivity index (χ3n) is 5.19. The fourth-order valence-corrected chi connectivity index (χ4v) is 3.85. The van der Waals surface area contributed by atoms with E-state index in [4.69, 9.17) is 4.74 Å². The maximum absolute atomic E-state index is 15.7. The summed E-state index contributed by atoms with van der Waals surface area (Å²) in [4.78, 5) is 10.9. The van der Waals surface area contributed by atoms with Crippen molar-refractivity contribution in [3.05, 3.63) is 41.0 Å². The van der Waals surface area contributed by atoms with Crippen LogP contribution in [-0.2, 0) is 6.42 Å². The second-order valence-corrected chi connectivity index (χ2v) is 7.59. The number of halogens is 1. The number of β-amino-alcohol motifs (C(OH)–C–C–N with tert-alkyl or cyclic N) is 1. The smallest absolute Gasteiger partial charge is 0.177 e. The number of hydrogen-bond donors (Lipinski definition) is 3. The zero-order valence-electron chi connectivity index (χ0n) is 16.9. The molecule has 0 bridgehead atoms. The molecule has 2 aliphatic rings. The minimum atomic E-state index is -0.564. The van der Waals surface area contributed by atoms with Crippen LogP contribution in [0.1, 0.15) is 23.4 Å². The average Bonchev–Trinajstić information content (AvgIpc) is 3.06. The average molecular weight is 399 g/mol.